The van der Waals surface area contributed by atoms with E-state index in [-0.39, 0.29) is 6.54 Å². The van der Waals surface area contributed by atoms with Gasteiger partial charge in [-0.2, -0.15) is 5.10 Å². The maximum Gasteiger partial charge on any atom is 0.326 e. The minimum atomic E-state index is -1.34. The van der Waals surface area contributed by atoms with Gasteiger partial charge in [0.2, 0.25) is 5.91 Å². The van der Waals surface area contributed by atoms with Gasteiger partial charge in [-0.25, -0.2) is 9.59 Å². The predicted octanol–water partition coefficient (Wildman–Crippen LogP) is -1.15. The number of H-pyrrole nitrogens is 1. The summed E-state index contributed by atoms with van der Waals surface area (Å²) in [7, 11) is 0. The minimum absolute atomic E-state index is 0.192. The number of hydrogen-bond acceptors (Lipinski definition) is 4. The van der Waals surface area contributed by atoms with E-state index >= 15 is 0 Å². The average Bonchev–Trinajstić information content (AvgIpc) is 2.70. The van der Waals surface area contributed by atoms with Crippen molar-refractivity contribution in [2.75, 3.05) is 0 Å². The smallest absolute Gasteiger partial charge is 0.326 e. The second kappa shape index (κ2) is 6.38. The first-order chi connectivity index (χ1) is 8.90. The molecular weight excluding hydrogens is 254 g/mol. The zero-order valence-electron chi connectivity index (χ0n) is 10.3. The van der Waals surface area contributed by atoms with Crippen molar-refractivity contribution in [2.45, 2.75) is 25.9 Å². The van der Waals surface area contributed by atoms with Gasteiger partial charge in [-0.3, -0.25) is 9.89 Å². The number of nitrogens with one attached hydrogen (secondary N) is 3. The van der Waals surface area contributed by atoms with Gasteiger partial charge in [0.05, 0.1) is 12.6 Å². The molecule has 0 saturated heterocycles. The molecule has 0 bridgehead atoms. The number of carbonyl (C=O) groups excluding carboxylic acids is 2. The molecule has 1 aromatic heterocycles. The molecule has 0 fully saturated rings. The van der Waals surface area contributed by atoms with Gasteiger partial charge in [-0.15, -0.1) is 0 Å². The lowest BCUT2D eigenvalue weighted by atomic mass is 10.2. The van der Waals surface area contributed by atoms with Crippen molar-refractivity contribution in [1.82, 2.24) is 20.8 Å². The summed E-state index contributed by atoms with van der Waals surface area (Å²) in [6, 6.07) is -2.04. The van der Waals surface area contributed by atoms with Gasteiger partial charge in [0.25, 0.3) is 0 Å². The summed E-state index contributed by atoms with van der Waals surface area (Å²) in [5.41, 5.74) is 6.46. The van der Waals surface area contributed by atoms with E-state index in [1.807, 2.05) is 0 Å². The topological polar surface area (TPSA) is 150 Å². The van der Waals surface area contributed by atoms with E-state index in [0.717, 1.165) is 11.3 Å². The van der Waals surface area contributed by atoms with Crippen molar-refractivity contribution in [3.05, 3.63) is 17.5 Å². The number of carboxylic acids is 1. The summed E-state index contributed by atoms with van der Waals surface area (Å²) in [4.78, 5) is 32.9. The van der Waals surface area contributed by atoms with Crippen molar-refractivity contribution >= 4 is 17.9 Å². The molecule has 0 aliphatic rings. The molecule has 0 aromatic carbocycles. The molecule has 1 unspecified atom stereocenters. The SMILES string of the molecule is Cc1[nH]ncc1CNC(=O)NC(CC(N)=O)C(=O)O. The number of hydrogen-bond donors (Lipinski definition) is 5. The van der Waals surface area contributed by atoms with E-state index in [1.165, 1.54) is 0 Å². The maximum atomic E-state index is 11.5. The van der Waals surface area contributed by atoms with Crippen LogP contribution in [0.2, 0.25) is 0 Å². The summed E-state index contributed by atoms with van der Waals surface area (Å²) < 4.78 is 0. The number of nitrogens with zero attached hydrogens (tertiary/aromatic N) is 1. The third kappa shape index (κ3) is 4.66. The number of urea groups is 1. The molecule has 9 heteroatoms. The number of aromatic nitrogens is 2. The molecule has 0 aliphatic heterocycles. The first-order valence-electron chi connectivity index (χ1n) is 5.44. The lowest BCUT2D eigenvalue weighted by Crippen LogP contribution is -2.47. The largest absolute Gasteiger partial charge is 0.480 e. The number of primary amides is 1. The van der Waals surface area contributed by atoms with Crippen LogP contribution in [0.25, 0.3) is 0 Å². The molecule has 6 N–H and O–H groups in total. The number of aliphatic carboxylic acids is 1. The zero-order valence-corrected chi connectivity index (χ0v) is 10.3. The quantitative estimate of drug-likeness (QED) is 0.441. The normalized spacial score (nSPS) is 11.6. The fourth-order valence-electron chi connectivity index (χ4n) is 1.34. The molecule has 0 aliphatic carbocycles. The number of nitrogens with two attached hydrogens (primary N) is 1. The van der Waals surface area contributed by atoms with Crippen LogP contribution in [0.5, 0.6) is 0 Å². The van der Waals surface area contributed by atoms with E-state index in [0.29, 0.717) is 0 Å². The highest BCUT2D eigenvalue weighted by Gasteiger charge is 2.21. The van der Waals surface area contributed by atoms with E-state index in [1.54, 1.807) is 13.1 Å². The van der Waals surface area contributed by atoms with Crippen LogP contribution in [-0.4, -0.2) is 39.3 Å². The second-order valence-electron chi connectivity index (χ2n) is 3.91. The Bertz CT molecular complexity index is 484. The average molecular weight is 269 g/mol. The molecule has 0 radical (unpaired) electrons. The van der Waals surface area contributed by atoms with Gasteiger partial charge in [-0.1, -0.05) is 0 Å². The standard InChI is InChI=1S/C10H15N5O4/c1-5-6(4-13-15-5)3-12-10(19)14-7(9(17)18)2-8(11)16/h4,7H,2-3H2,1H3,(H2,11,16)(H,13,15)(H,17,18)(H2,12,14,19). The molecule has 104 valence electrons. The summed E-state index contributed by atoms with van der Waals surface area (Å²) in [6.07, 6.45) is 1.08. The summed E-state index contributed by atoms with van der Waals surface area (Å²) in [5.74, 6) is -2.13. The number of aromatic amines is 1. The monoisotopic (exact) mass is 269 g/mol. The Balaban J connectivity index is 2.47. The molecule has 0 saturated carbocycles. The highest BCUT2D eigenvalue weighted by molar-refractivity contribution is 5.87. The molecule has 1 aromatic rings. The van der Waals surface area contributed by atoms with Gasteiger partial charge in [-0.05, 0) is 6.92 Å². The first-order valence-corrected chi connectivity index (χ1v) is 5.44. The third-order valence-electron chi connectivity index (χ3n) is 2.38. The highest BCUT2D eigenvalue weighted by Crippen LogP contribution is 2.01. The lowest BCUT2D eigenvalue weighted by molar-refractivity contribution is -0.140. The van der Waals surface area contributed by atoms with Gasteiger partial charge in [0.1, 0.15) is 6.04 Å². The van der Waals surface area contributed by atoms with Crippen LogP contribution in [0.4, 0.5) is 4.79 Å². The van der Waals surface area contributed by atoms with Crippen LogP contribution in [0, 0.1) is 6.92 Å². The second-order valence-corrected chi connectivity index (χ2v) is 3.91. The highest BCUT2D eigenvalue weighted by atomic mass is 16.4. The van der Waals surface area contributed by atoms with Crippen LogP contribution in [0.15, 0.2) is 6.20 Å². The minimum Gasteiger partial charge on any atom is -0.480 e. The third-order valence-corrected chi connectivity index (χ3v) is 2.38. The number of carboxylic acid groups (broad SMARTS) is 1. The summed E-state index contributed by atoms with van der Waals surface area (Å²) >= 11 is 0. The summed E-state index contributed by atoms with van der Waals surface area (Å²) in [6.45, 7) is 1.98. The maximum absolute atomic E-state index is 11.5. The number of carbonyl (C=O) groups is 3. The Labute approximate surface area is 108 Å². The fraction of sp³-hybridized carbons (Fsp3) is 0.400. The molecule has 9 nitrogen and oxygen atoms in total. The van der Waals surface area contributed by atoms with Gasteiger partial charge in [0, 0.05) is 17.8 Å². The van der Waals surface area contributed by atoms with Crippen molar-refractivity contribution in [3.8, 4) is 0 Å². The fourth-order valence-corrected chi connectivity index (χ4v) is 1.34. The first kappa shape index (κ1) is 14.5. The van der Waals surface area contributed by atoms with E-state index < -0.39 is 30.4 Å². The molecule has 1 heterocycles. The van der Waals surface area contributed by atoms with E-state index in [2.05, 4.69) is 20.8 Å². The Kier molecular flexibility index (Phi) is 4.86. The lowest BCUT2D eigenvalue weighted by Gasteiger charge is -2.13. The number of aryl methyl sites for hydroxylation is 1. The van der Waals surface area contributed by atoms with E-state index in [4.69, 9.17) is 10.8 Å². The van der Waals surface area contributed by atoms with E-state index in [9.17, 15) is 14.4 Å². The Morgan fingerprint density at radius 3 is 2.68 bits per heavy atom. The van der Waals surface area contributed by atoms with Crippen molar-refractivity contribution in [1.29, 1.82) is 0 Å². The zero-order chi connectivity index (χ0) is 14.4. The van der Waals surface area contributed by atoms with Crippen molar-refractivity contribution in [3.63, 3.8) is 0 Å². The molecule has 1 atom stereocenters. The van der Waals surface area contributed by atoms with Crippen LogP contribution in [0.3, 0.4) is 0 Å². The molecule has 3 amide bonds. The molecule has 19 heavy (non-hydrogen) atoms. The van der Waals surface area contributed by atoms with Gasteiger partial charge >= 0.3 is 12.0 Å². The number of amides is 3. The van der Waals surface area contributed by atoms with Crippen molar-refractivity contribution < 1.29 is 19.5 Å². The Morgan fingerprint density at radius 2 is 2.21 bits per heavy atom. The van der Waals surface area contributed by atoms with Crippen LogP contribution in [0.1, 0.15) is 17.7 Å². The Morgan fingerprint density at radius 1 is 1.53 bits per heavy atom. The van der Waals surface area contributed by atoms with Crippen LogP contribution >= 0.6 is 0 Å². The summed E-state index contributed by atoms with van der Waals surface area (Å²) in [5, 5.41) is 19.9. The van der Waals surface area contributed by atoms with Crippen LogP contribution in [-0.2, 0) is 16.1 Å². The molecule has 0 spiro atoms. The predicted molar refractivity (Wildman–Crippen MR) is 63.9 cm³/mol. The van der Waals surface area contributed by atoms with Crippen molar-refractivity contribution in [2.24, 2.45) is 5.73 Å². The van der Waals surface area contributed by atoms with Gasteiger partial charge < -0.3 is 21.5 Å². The molecule has 1 rings (SSSR count). The van der Waals surface area contributed by atoms with Gasteiger partial charge in [0.15, 0.2) is 0 Å². The Hall–Kier alpha value is -2.58. The number of rotatable bonds is 6. The molecular formula is C10H15N5O4. The van der Waals surface area contributed by atoms with Crippen LogP contribution < -0.4 is 16.4 Å².